The minimum absolute atomic E-state index is 0.434. The second kappa shape index (κ2) is 7.95. The Morgan fingerprint density at radius 3 is 2.14 bits per heavy atom. The zero-order valence-electron chi connectivity index (χ0n) is 14.0. The van der Waals surface area contributed by atoms with Crippen molar-refractivity contribution in [1.82, 2.24) is 4.90 Å². The van der Waals surface area contributed by atoms with Gasteiger partial charge in [-0.3, -0.25) is 4.90 Å². The maximum atomic E-state index is 6.07. The van der Waals surface area contributed by atoms with Gasteiger partial charge in [-0.25, -0.2) is 0 Å². The highest BCUT2D eigenvalue weighted by Crippen LogP contribution is 2.32. The first-order valence-corrected chi connectivity index (χ1v) is 8.79. The first kappa shape index (κ1) is 16.5. The molecule has 2 N–H and O–H groups in total. The lowest BCUT2D eigenvalue weighted by molar-refractivity contribution is 0.103. The molecule has 2 nitrogen and oxygen atoms in total. The van der Waals surface area contributed by atoms with Crippen molar-refractivity contribution in [3.8, 4) is 0 Å². The average molecular weight is 288 g/mol. The highest BCUT2D eigenvalue weighted by molar-refractivity contribution is 5.25. The van der Waals surface area contributed by atoms with Crippen LogP contribution in [0.5, 0.6) is 0 Å². The SMILES string of the molecule is CCc1ccc(C(CC)N(CC)C2CCC(N)CC2)cc1. The molecule has 1 unspecified atom stereocenters. The Morgan fingerprint density at radius 2 is 1.67 bits per heavy atom. The molecule has 1 aromatic rings. The standard InChI is InChI=1S/C19H32N2/c1-4-15-7-9-16(10-8-15)19(5-2)21(6-3)18-13-11-17(20)12-14-18/h7-10,17-19H,4-6,11-14,20H2,1-3H3. The van der Waals surface area contributed by atoms with Crippen LogP contribution in [0.25, 0.3) is 0 Å². The number of hydrogen-bond acceptors (Lipinski definition) is 2. The Morgan fingerprint density at radius 1 is 1.05 bits per heavy atom. The molecule has 0 spiro atoms. The highest BCUT2D eigenvalue weighted by atomic mass is 15.2. The lowest BCUT2D eigenvalue weighted by Gasteiger charge is -2.40. The second-order valence-electron chi connectivity index (χ2n) is 6.42. The molecule has 1 aromatic carbocycles. The van der Waals surface area contributed by atoms with Crippen molar-refractivity contribution in [3.63, 3.8) is 0 Å². The van der Waals surface area contributed by atoms with Gasteiger partial charge in [0, 0.05) is 18.1 Å². The summed E-state index contributed by atoms with van der Waals surface area (Å²) in [6, 6.07) is 11.0. The molecule has 118 valence electrons. The molecule has 1 saturated carbocycles. The molecule has 0 bridgehead atoms. The van der Waals surface area contributed by atoms with Crippen LogP contribution >= 0.6 is 0 Å². The Bertz CT molecular complexity index is 404. The molecule has 2 heteroatoms. The van der Waals surface area contributed by atoms with Gasteiger partial charge in [-0.2, -0.15) is 0 Å². The van der Waals surface area contributed by atoms with E-state index in [1.54, 1.807) is 0 Å². The number of benzene rings is 1. The van der Waals surface area contributed by atoms with Crippen LogP contribution in [-0.4, -0.2) is 23.5 Å². The molecule has 1 atom stereocenters. The molecule has 0 radical (unpaired) electrons. The Kier molecular flexibility index (Phi) is 6.25. The van der Waals surface area contributed by atoms with E-state index >= 15 is 0 Å². The van der Waals surface area contributed by atoms with Gasteiger partial charge in [0.25, 0.3) is 0 Å². The van der Waals surface area contributed by atoms with Gasteiger partial charge in [-0.05, 0) is 56.2 Å². The first-order chi connectivity index (χ1) is 10.2. The summed E-state index contributed by atoms with van der Waals surface area (Å²) in [5.41, 5.74) is 8.98. The van der Waals surface area contributed by atoms with Gasteiger partial charge in [-0.15, -0.1) is 0 Å². The second-order valence-corrected chi connectivity index (χ2v) is 6.42. The van der Waals surface area contributed by atoms with E-state index in [1.165, 1.54) is 43.2 Å². The third-order valence-corrected chi connectivity index (χ3v) is 5.14. The number of aryl methyl sites for hydroxylation is 1. The predicted octanol–water partition coefficient (Wildman–Crippen LogP) is 4.29. The zero-order valence-corrected chi connectivity index (χ0v) is 14.0. The zero-order chi connectivity index (χ0) is 15.2. The molecule has 1 aliphatic rings. The summed E-state index contributed by atoms with van der Waals surface area (Å²) >= 11 is 0. The maximum absolute atomic E-state index is 6.07. The smallest absolute Gasteiger partial charge is 0.0348 e. The van der Waals surface area contributed by atoms with Crippen LogP contribution in [0.1, 0.15) is 70.0 Å². The van der Waals surface area contributed by atoms with Crippen LogP contribution in [0, 0.1) is 0 Å². The van der Waals surface area contributed by atoms with Gasteiger partial charge in [0.1, 0.15) is 0 Å². The molecule has 0 aliphatic heterocycles. The summed E-state index contributed by atoms with van der Waals surface area (Å²) in [5.74, 6) is 0. The molecule has 0 heterocycles. The summed E-state index contributed by atoms with van der Waals surface area (Å²) in [7, 11) is 0. The Hall–Kier alpha value is -0.860. The summed E-state index contributed by atoms with van der Waals surface area (Å²) in [6.45, 7) is 7.97. The van der Waals surface area contributed by atoms with E-state index < -0.39 is 0 Å². The van der Waals surface area contributed by atoms with Crippen LogP contribution in [-0.2, 0) is 6.42 Å². The molecular weight excluding hydrogens is 256 g/mol. The van der Waals surface area contributed by atoms with Crippen molar-refractivity contribution in [2.45, 2.75) is 77.4 Å². The molecule has 2 rings (SSSR count). The molecule has 0 saturated heterocycles. The van der Waals surface area contributed by atoms with E-state index in [2.05, 4.69) is 49.9 Å². The third-order valence-electron chi connectivity index (χ3n) is 5.14. The van der Waals surface area contributed by atoms with Crippen LogP contribution in [0.3, 0.4) is 0 Å². The fourth-order valence-electron chi connectivity index (χ4n) is 3.80. The van der Waals surface area contributed by atoms with Gasteiger partial charge in [0.05, 0.1) is 0 Å². The minimum Gasteiger partial charge on any atom is -0.328 e. The monoisotopic (exact) mass is 288 g/mol. The molecular formula is C19H32N2. The van der Waals surface area contributed by atoms with Crippen molar-refractivity contribution < 1.29 is 0 Å². The van der Waals surface area contributed by atoms with Crippen LogP contribution < -0.4 is 5.73 Å². The quantitative estimate of drug-likeness (QED) is 0.846. The van der Waals surface area contributed by atoms with Gasteiger partial charge in [0.15, 0.2) is 0 Å². The number of hydrogen-bond donors (Lipinski definition) is 1. The fraction of sp³-hybridized carbons (Fsp3) is 0.684. The van der Waals surface area contributed by atoms with Crippen LogP contribution in [0.2, 0.25) is 0 Å². The summed E-state index contributed by atoms with van der Waals surface area (Å²) < 4.78 is 0. The Labute approximate surface area is 130 Å². The predicted molar refractivity (Wildman–Crippen MR) is 91.5 cm³/mol. The molecule has 1 aliphatic carbocycles. The Balaban J connectivity index is 2.12. The third kappa shape index (κ3) is 4.08. The van der Waals surface area contributed by atoms with Gasteiger partial charge in [0.2, 0.25) is 0 Å². The fourth-order valence-corrected chi connectivity index (χ4v) is 3.80. The van der Waals surface area contributed by atoms with Crippen molar-refractivity contribution in [3.05, 3.63) is 35.4 Å². The van der Waals surface area contributed by atoms with Gasteiger partial charge >= 0.3 is 0 Å². The lowest BCUT2D eigenvalue weighted by atomic mass is 9.88. The van der Waals surface area contributed by atoms with E-state index in [0.29, 0.717) is 18.1 Å². The van der Waals surface area contributed by atoms with E-state index in [-0.39, 0.29) is 0 Å². The number of nitrogens with two attached hydrogens (primary N) is 1. The van der Waals surface area contributed by atoms with Crippen molar-refractivity contribution in [2.24, 2.45) is 5.73 Å². The summed E-state index contributed by atoms with van der Waals surface area (Å²) in [4.78, 5) is 2.72. The van der Waals surface area contributed by atoms with Crippen molar-refractivity contribution in [2.75, 3.05) is 6.54 Å². The van der Waals surface area contributed by atoms with E-state index in [9.17, 15) is 0 Å². The molecule has 1 fully saturated rings. The van der Waals surface area contributed by atoms with Crippen molar-refractivity contribution >= 4 is 0 Å². The van der Waals surface area contributed by atoms with Gasteiger partial charge < -0.3 is 5.73 Å². The summed E-state index contributed by atoms with van der Waals surface area (Å²) in [6.07, 6.45) is 7.20. The first-order valence-electron chi connectivity index (χ1n) is 8.79. The number of rotatable bonds is 6. The normalized spacial score (nSPS) is 24.2. The van der Waals surface area contributed by atoms with E-state index in [4.69, 9.17) is 5.73 Å². The van der Waals surface area contributed by atoms with Crippen molar-refractivity contribution in [1.29, 1.82) is 0 Å². The minimum atomic E-state index is 0.434. The summed E-state index contributed by atoms with van der Waals surface area (Å²) in [5, 5.41) is 0. The topological polar surface area (TPSA) is 29.3 Å². The molecule has 0 amide bonds. The van der Waals surface area contributed by atoms with Crippen LogP contribution in [0.4, 0.5) is 0 Å². The van der Waals surface area contributed by atoms with Gasteiger partial charge in [-0.1, -0.05) is 45.0 Å². The molecule has 0 aromatic heterocycles. The van der Waals surface area contributed by atoms with E-state index in [1.807, 2.05) is 0 Å². The molecule has 21 heavy (non-hydrogen) atoms. The largest absolute Gasteiger partial charge is 0.328 e. The van der Waals surface area contributed by atoms with Crippen LogP contribution in [0.15, 0.2) is 24.3 Å². The lowest BCUT2D eigenvalue weighted by Crippen LogP contribution is -2.42. The number of nitrogens with zero attached hydrogens (tertiary/aromatic N) is 1. The highest BCUT2D eigenvalue weighted by Gasteiger charge is 2.28. The average Bonchev–Trinajstić information content (AvgIpc) is 2.54. The maximum Gasteiger partial charge on any atom is 0.0348 e. The van der Waals surface area contributed by atoms with E-state index in [0.717, 1.165) is 13.0 Å².